The van der Waals surface area contributed by atoms with Gasteiger partial charge >= 0.3 is 0 Å². The molecule has 0 spiro atoms. The third-order valence-corrected chi connectivity index (χ3v) is 4.18. The molecule has 1 aromatic rings. The second-order valence-electron chi connectivity index (χ2n) is 5.31. The Morgan fingerprint density at radius 3 is 2.82 bits per heavy atom. The molecule has 1 aliphatic carbocycles. The number of halogens is 1. The van der Waals surface area contributed by atoms with Crippen LogP contribution in [0.25, 0.3) is 0 Å². The molecular formula is C15H22ClN. The molecule has 1 aliphatic rings. The molecule has 0 N–H and O–H groups in total. The predicted molar refractivity (Wildman–Crippen MR) is 73.5 cm³/mol. The summed E-state index contributed by atoms with van der Waals surface area (Å²) in [6.07, 6.45) is 10.9. The first-order valence-corrected chi connectivity index (χ1v) is 7.24. The summed E-state index contributed by atoms with van der Waals surface area (Å²) in [5.41, 5.74) is 2.44. The van der Waals surface area contributed by atoms with Gasteiger partial charge in [0.25, 0.3) is 0 Å². The monoisotopic (exact) mass is 251 g/mol. The van der Waals surface area contributed by atoms with E-state index in [0.29, 0.717) is 0 Å². The zero-order valence-electron chi connectivity index (χ0n) is 10.7. The molecule has 17 heavy (non-hydrogen) atoms. The fourth-order valence-electron chi connectivity index (χ4n) is 2.81. The first-order chi connectivity index (χ1) is 8.25. The minimum atomic E-state index is 0.256. The lowest BCUT2D eigenvalue weighted by molar-refractivity contribution is 0.334. The lowest BCUT2D eigenvalue weighted by atomic mass is 9.85. The normalized spacial score (nSPS) is 19.2. The smallest absolute Gasteiger partial charge is 0.0447 e. The van der Waals surface area contributed by atoms with Crippen molar-refractivity contribution in [2.75, 3.05) is 0 Å². The highest BCUT2D eigenvalue weighted by Gasteiger charge is 2.18. The largest absolute Gasteiger partial charge is 0.261 e. The molecule has 0 radical (unpaired) electrons. The fraction of sp³-hybridized carbons (Fsp3) is 0.667. The Morgan fingerprint density at radius 1 is 1.35 bits per heavy atom. The molecule has 1 fully saturated rings. The van der Waals surface area contributed by atoms with Crippen molar-refractivity contribution in [3.8, 4) is 0 Å². The third-order valence-electron chi connectivity index (χ3n) is 3.85. The van der Waals surface area contributed by atoms with E-state index in [1.807, 2.05) is 12.3 Å². The summed E-state index contributed by atoms with van der Waals surface area (Å²) >= 11 is 6.48. The van der Waals surface area contributed by atoms with Gasteiger partial charge in [0.1, 0.15) is 0 Å². The summed E-state index contributed by atoms with van der Waals surface area (Å²) in [5.74, 6) is 0.857. The highest BCUT2D eigenvalue weighted by Crippen LogP contribution is 2.29. The van der Waals surface area contributed by atoms with Crippen molar-refractivity contribution in [1.82, 2.24) is 4.98 Å². The van der Waals surface area contributed by atoms with E-state index in [1.54, 1.807) is 0 Å². The van der Waals surface area contributed by atoms with Gasteiger partial charge in [0.2, 0.25) is 0 Å². The summed E-state index contributed by atoms with van der Waals surface area (Å²) in [6.45, 7) is 2.12. The summed E-state index contributed by atoms with van der Waals surface area (Å²) in [6, 6.07) is 4.11. The molecule has 2 heteroatoms. The molecular weight excluding hydrogens is 230 g/mol. The standard InChI is InChI=1S/C15H22ClN/c1-12-6-5-9-17-15(12)11-14(16)10-13-7-3-2-4-8-13/h5-6,9,13-14H,2-4,7-8,10-11H2,1H3. The quantitative estimate of drug-likeness (QED) is 0.718. The highest BCUT2D eigenvalue weighted by atomic mass is 35.5. The first kappa shape index (κ1) is 12.9. The number of alkyl halides is 1. The van der Waals surface area contributed by atoms with Crippen molar-refractivity contribution in [2.24, 2.45) is 5.92 Å². The lowest BCUT2D eigenvalue weighted by Crippen LogP contribution is -2.15. The van der Waals surface area contributed by atoms with E-state index < -0.39 is 0 Å². The number of rotatable bonds is 4. The summed E-state index contributed by atoms with van der Waals surface area (Å²) < 4.78 is 0. The Morgan fingerprint density at radius 2 is 2.12 bits per heavy atom. The Bertz CT molecular complexity index is 345. The van der Waals surface area contributed by atoms with Crippen LogP contribution in [0.2, 0.25) is 0 Å². The lowest BCUT2D eigenvalue weighted by Gasteiger charge is -2.23. The molecule has 1 saturated carbocycles. The van der Waals surface area contributed by atoms with Crippen LogP contribution in [0.15, 0.2) is 18.3 Å². The van der Waals surface area contributed by atoms with Crippen LogP contribution in [0.1, 0.15) is 49.8 Å². The summed E-state index contributed by atoms with van der Waals surface area (Å²) in [4.78, 5) is 4.43. The van der Waals surface area contributed by atoms with E-state index in [-0.39, 0.29) is 5.38 Å². The van der Waals surface area contributed by atoms with Crippen LogP contribution in [0.5, 0.6) is 0 Å². The average Bonchev–Trinajstić information content (AvgIpc) is 2.33. The van der Waals surface area contributed by atoms with E-state index in [9.17, 15) is 0 Å². The van der Waals surface area contributed by atoms with Crippen molar-refractivity contribution in [1.29, 1.82) is 0 Å². The van der Waals surface area contributed by atoms with Gasteiger partial charge in [-0.3, -0.25) is 4.98 Å². The van der Waals surface area contributed by atoms with Gasteiger partial charge in [0, 0.05) is 23.7 Å². The van der Waals surface area contributed by atoms with E-state index in [0.717, 1.165) is 18.8 Å². The van der Waals surface area contributed by atoms with Crippen LogP contribution in [0, 0.1) is 12.8 Å². The van der Waals surface area contributed by atoms with Crippen molar-refractivity contribution >= 4 is 11.6 Å². The van der Waals surface area contributed by atoms with Gasteiger partial charge in [-0.25, -0.2) is 0 Å². The minimum Gasteiger partial charge on any atom is -0.261 e. The number of aromatic nitrogens is 1. The maximum Gasteiger partial charge on any atom is 0.0447 e. The van der Waals surface area contributed by atoms with E-state index >= 15 is 0 Å². The van der Waals surface area contributed by atoms with E-state index in [4.69, 9.17) is 11.6 Å². The summed E-state index contributed by atoms with van der Waals surface area (Å²) in [7, 11) is 0. The molecule has 1 atom stereocenters. The number of aryl methyl sites for hydroxylation is 1. The molecule has 1 aromatic heterocycles. The SMILES string of the molecule is Cc1cccnc1CC(Cl)CC1CCCCC1. The fourth-order valence-corrected chi connectivity index (χ4v) is 3.21. The second-order valence-corrected chi connectivity index (χ2v) is 5.93. The minimum absolute atomic E-state index is 0.256. The van der Waals surface area contributed by atoms with Crippen molar-refractivity contribution in [2.45, 2.75) is 57.2 Å². The van der Waals surface area contributed by atoms with Crippen LogP contribution in [0.4, 0.5) is 0 Å². The maximum absolute atomic E-state index is 6.48. The number of nitrogens with zero attached hydrogens (tertiary/aromatic N) is 1. The Balaban J connectivity index is 1.84. The molecule has 2 rings (SSSR count). The Labute approximate surface area is 110 Å². The van der Waals surface area contributed by atoms with Crippen molar-refractivity contribution in [3.63, 3.8) is 0 Å². The third kappa shape index (κ3) is 3.99. The molecule has 0 saturated heterocycles. The van der Waals surface area contributed by atoms with Crippen LogP contribution < -0.4 is 0 Å². The molecule has 1 unspecified atom stereocenters. The first-order valence-electron chi connectivity index (χ1n) is 6.80. The van der Waals surface area contributed by atoms with Crippen LogP contribution in [0.3, 0.4) is 0 Å². The summed E-state index contributed by atoms with van der Waals surface area (Å²) in [5, 5.41) is 0.256. The van der Waals surface area contributed by atoms with E-state index in [1.165, 1.54) is 43.4 Å². The van der Waals surface area contributed by atoms with Crippen LogP contribution in [-0.4, -0.2) is 10.4 Å². The van der Waals surface area contributed by atoms with Crippen molar-refractivity contribution < 1.29 is 0 Å². The highest BCUT2D eigenvalue weighted by molar-refractivity contribution is 6.20. The maximum atomic E-state index is 6.48. The van der Waals surface area contributed by atoms with Gasteiger partial charge in [0.15, 0.2) is 0 Å². The van der Waals surface area contributed by atoms with E-state index in [2.05, 4.69) is 18.0 Å². The Kier molecular flexibility index (Phi) is 4.85. The zero-order chi connectivity index (χ0) is 12.1. The van der Waals surface area contributed by atoms with Gasteiger partial charge in [-0.2, -0.15) is 0 Å². The molecule has 0 amide bonds. The second kappa shape index (κ2) is 6.39. The number of hydrogen-bond donors (Lipinski definition) is 0. The molecule has 1 heterocycles. The van der Waals surface area contributed by atoms with Gasteiger partial charge in [-0.05, 0) is 30.9 Å². The van der Waals surface area contributed by atoms with Gasteiger partial charge < -0.3 is 0 Å². The van der Waals surface area contributed by atoms with Gasteiger partial charge in [-0.1, -0.05) is 38.2 Å². The molecule has 0 aromatic carbocycles. The van der Waals surface area contributed by atoms with Gasteiger partial charge in [0.05, 0.1) is 0 Å². The zero-order valence-corrected chi connectivity index (χ0v) is 11.4. The van der Waals surface area contributed by atoms with Crippen LogP contribution >= 0.6 is 11.6 Å². The average molecular weight is 252 g/mol. The topological polar surface area (TPSA) is 12.9 Å². The van der Waals surface area contributed by atoms with Crippen molar-refractivity contribution in [3.05, 3.63) is 29.6 Å². The van der Waals surface area contributed by atoms with Crippen LogP contribution in [-0.2, 0) is 6.42 Å². The molecule has 0 bridgehead atoms. The predicted octanol–water partition coefficient (Wildman–Crippen LogP) is 4.51. The van der Waals surface area contributed by atoms with Gasteiger partial charge in [-0.15, -0.1) is 11.6 Å². The molecule has 0 aliphatic heterocycles. The Hall–Kier alpha value is -0.560. The number of hydrogen-bond acceptors (Lipinski definition) is 1. The molecule has 1 nitrogen and oxygen atoms in total. The number of pyridine rings is 1. The molecule has 94 valence electrons.